The number of hydrogen-bond acceptors (Lipinski definition) is 3. The Morgan fingerprint density at radius 3 is 2.78 bits per heavy atom. The number of halogens is 1. The Morgan fingerprint density at radius 1 is 1.28 bits per heavy atom. The van der Waals surface area contributed by atoms with E-state index in [4.69, 9.17) is 8.83 Å². The highest BCUT2D eigenvalue weighted by atomic mass is 79.9. The zero-order valence-electron chi connectivity index (χ0n) is 10.5. The Labute approximate surface area is 116 Å². The molecule has 0 bridgehead atoms. The van der Waals surface area contributed by atoms with E-state index in [0.717, 1.165) is 41.8 Å². The molecule has 0 fully saturated rings. The van der Waals surface area contributed by atoms with Gasteiger partial charge in [0.2, 0.25) is 0 Å². The first-order valence-electron chi connectivity index (χ1n) is 6.30. The van der Waals surface area contributed by atoms with E-state index in [1.165, 1.54) is 0 Å². The molecule has 2 heterocycles. The minimum absolute atomic E-state index is 0.222. The summed E-state index contributed by atoms with van der Waals surface area (Å²) in [5.41, 5.74) is 0. The second kappa shape index (κ2) is 6.81. The molecular formula is C14H18BrNO2. The molecule has 4 heteroatoms. The average Bonchev–Trinajstić information content (AvgIpc) is 3.01. The van der Waals surface area contributed by atoms with Gasteiger partial charge in [0.15, 0.2) is 0 Å². The number of hydrogen-bond donors (Lipinski definition) is 1. The molecule has 0 aromatic carbocycles. The van der Waals surface area contributed by atoms with Crippen LogP contribution in [0.25, 0.3) is 0 Å². The summed E-state index contributed by atoms with van der Waals surface area (Å²) in [5, 5.41) is 3.51. The largest absolute Gasteiger partial charge is 0.469 e. The number of rotatable bonds is 7. The van der Waals surface area contributed by atoms with E-state index in [2.05, 4.69) is 28.2 Å². The van der Waals surface area contributed by atoms with E-state index in [9.17, 15) is 0 Å². The van der Waals surface area contributed by atoms with Gasteiger partial charge in [0.1, 0.15) is 11.5 Å². The summed E-state index contributed by atoms with van der Waals surface area (Å²) in [7, 11) is 0. The molecule has 0 aliphatic rings. The van der Waals surface area contributed by atoms with Gasteiger partial charge in [0.25, 0.3) is 0 Å². The van der Waals surface area contributed by atoms with Crippen LogP contribution >= 0.6 is 15.9 Å². The van der Waals surface area contributed by atoms with E-state index in [1.807, 2.05) is 18.2 Å². The fourth-order valence-electron chi connectivity index (χ4n) is 1.94. The lowest BCUT2D eigenvalue weighted by molar-refractivity contribution is 0.382. The lowest BCUT2D eigenvalue weighted by atomic mass is 10.1. The molecule has 1 unspecified atom stereocenters. The molecule has 1 N–H and O–H groups in total. The Hall–Kier alpha value is -1.00. The van der Waals surface area contributed by atoms with Crippen molar-refractivity contribution in [3.63, 3.8) is 0 Å². The normalized spacial score (nSPS) is 12.8. The van der Waals surface area contributed by atoms with Gasteiger partial charge in [-0.3, -0.25) is 0 Å². The van der Waals surface area contributed by atoms with E-state index in [-0.39, 0.29) is 6.04 Å². The predicted octanol–water partition coefficient (Wildman–Crippen LogP) is 4.31. The summed E-state index contributed by atoms with van der Waals surface area (Å²) < 4.78 is 11.9. The number of furan rings is 2. The van der Waals surface area contributed by atoms with Gasteiger partial charge in [-0.2, -0.15) is 0 Å². The second-order valence-electron chi connectivity index (χ2n) is 4.26. The molecule has 2 aromatic rings. The molecule has 0 spiro atoms. The van der Waals surface area contributed by atoms with Crippen LogP contribution in [0.2, 0.25) is 0 Å². The molecule has 0 amide bonds. The summed E-state index contributed by atoms with van der Waals surface area (Å²) >= 11 is 3.52. The molecule has 2 aromatic heterocycles. The molecule has 0 radical (unpaired) electrons. The zero-order valence-corrected chi connectivity index (χ0v) is 12.1. The van der Waals surface area contributed by atoms with Gasteiger partial charge in [-0.25, -0.2) is 0 Å². The third kappa shape index (κ3) is 3.50. The van der Waals surface area contributed by atoms with Crippen molar-refractivity contribution in [3.8, 4) is 0 Å². The van der Waals surface area contributed by atoms with Gasteiger partial charge < -0.3 is 14.2 Å². The van der Waals surface area contributed by atoms with E-state index < -0.39 is 0 Å². The molecule has 2 rings (SSSR count). The smallest absolute Gasteiger partial charge is 0.134 e. The molecule has 0 saturated carbocycles. The quantitative estimate of drug-likeness (QED) is 0.828. The molecular weight excluding hydrogens is 294 g/mol. The molecule has 0 aliphatic heterocycles. The highest BCUT2D eigenvalue weighted by Gasteiger charge is 2.17. The zero-order chi connectivity index (χ0) is 12.8. The Bertz CT molecular complexity index is 450. The predicted molar refractivity (Wildman–Crippen MR) is 74.5 cm³/mol. The lowest BCUT2D eigenvalue weighted by Gasteiger charge is -2.16. The standard InChI is InChI=1S/C14H18BrNO2/c1-2-8-16-13(14-12(15)7-10-18-14)6-5-11-4-3-9-17-11/h3-4,7,9-10,13,16H,2,5-6,8H2,1H3. The number of nitrogens with one attached hydrogen (secondary N) is 1. The third-order valence-electron chi connectivity index (χ3n) is 2.86. The second-order valence-corrected chi connectivity index (χ2v) is 5.11. The Balaban J connectivity index is 1.99. The van der Waals surface area contributed by atoms with Crippen molar-refractivity contribution in [2.75, 3.05) is 6.54 Å². The van der Waals surface area contributed by atoms with Crippen molar-refractivity contribution in [2.24, 2.45) is 0 Å². The molecule has 18 heavy (non-hydrogen) atoms. The first kappa shape index (κ1) is 13.4. The van der Waals surface area contributed by atoms with Crippen LogP contribution in [0, 0.1) is 0 Å². The molecule has 3 nitrogen and oxygen atoms in total. The van der Waals surface area contributed by atoms with Gasteiger partial charge in [-0.05, 0) is 53.5 Å². The highest BCUT2D eigenvalue weighted by molar-refractivity contribution is 9.10. The van der Waals surface area contributed by atoms with Crippen molar-refractivity contribution in [1.29, 1.82) is 0 Å². The third-order valence-corrected chi connectivity index (χ3v) is 3.52. The van der Waals surface area contributed by atoms with Gasteiger partial charge in [-0.15, -0.1) is 0 Å². The molecule has 98 valence electrons. The van der Waals surface area contributed by atoms with Crippen LogP contribution in [0.4, 0.5) is 0 Å². The minimum atomic E-state index is 0.222. The average molecular weight is 312 g/mol. The molecule has 1 atom stereocenters. The van der Waals surface area contributed by atoms with Crippen LogP contribution in [-0.2, 0) is 6.42 Å². The topological polar surface area (TPSA) is 38.3 Å². The molecule has 0 aliphatic carbocycles. The summed E-state index contributed by atoms with van der Waals surface area (Å²) in [6.07, 6.45) is 6.40. The maximum atomic E-state index is 5.55. The van der Waals surface area contributed by atoms with Crippen molar-refractivity contribution >= 4 is 15.9 Å². The van der Waals surface area contributed by atoms with Crippen LogP contribution in [-0.4, -0.2) is 6.54 Å². The SMILES string of the molecule is CCCNC(CCc1ccco1)c1occc1Br. The first-order valence-corrected chi connectivity index (χ1v) is 7.09. The van der Waals surface area contributed by atoms with Crippen molar-refractivity contribution in [3.05, 3.63) is 46.7 Å². The van der Waals surface area contributed by atoms with Crippen molar-refractivity contribution in [1.82, 2.24) is 5.32 Å². The van der Waals surface area contributed by atoms with E-state index >= 15 is 0 Å². The maximum Gasteiger partial charge on any atom is 0.134 e. The van der Waals surface area contributed by atoms with Crippen LogP contribution in [0.3, 0.4) is 0 Å². The van der Waals surface area contributed by atoms with Crippen LogP contribution in [0.5, 0.6) is 0 Å². The number of aryl methyl sites for hydroxylation is 1. The molecule has 0 saturated heterocycles. The fourth-order valence-corrected chi connectivity index (χ4v) is 2.42. The van der Waals surface area contributed by atoms with Gasteiger partial charge in [-0.1, -0.05) is 6.92 Å². The van der Waals surface area contributed by atoms with Gasteiger partial charge >= 0.3 is 0 Å². The Kier molecular flexibility index (Phi) is 5.08. The highest BCUT2D eigenvalue weighted by Crippen LogP contribution is 2.27. The van der Waals surface area contributed by atoms with Crippen LogP contribution in [0.15, 0.2) is 44.0 Å². The summed E-state index contributed by atoms with van der Waals surface area (Å²) in [5.74, 6) is 1.98. The Morgan fingerprint density at radius 2 is 2.17 bits per heavy atom. The first-order chi connectivity index (χ1) is 8.81. The lowest BCUT2D eigenvalue weighted by Crippen LogP contribution is -2.22. The van der Waals surface area contributed by atoms with Gasteiger partial charge in [0, 0.05) is 6.42 Å². The van der Waals surface area contributed by atoms with Crippen LogP contribution < -0.4 is 5.32 Å². The van der Waals surface area contributed by atoms with Crippen molar-refractivity contribution in [2.45, 2.75) is 32.2 Å². The maximum absolute atomic E-state index is 5.55. The fraction of sp³-hybridized carbons (Fsp3) is 0.429. The monoisotopic (exact) mass is 311 g/mol. The summed E-state index contributed by atoms with van der Waals surface area (Å²) in [6, 6.07) is 6.09. The minimum Gasteiger partial charge on any atom is -0.469 e. The van der Waals surface area contributed by atoms with E-state index in [1.54, 1.807) is 12.5 Å². The van der Waals surface area contributed by atoms with E-state index in [0.29, 0.717) is 0 Å². The van der Waals surface area contributed by atoms with Crippen LogP contribution in [0.1, 0.15) is 37.3 Å². The van der Waals surface area contributed by atoms with Gasteiger partial charge in [0.05, 0.1) is 23.0 Å². The van der Waals surface area contributed by atoms with Crippen molar-refractivity contribution < 1.29 is 8.83 Å². The summed E-state index contributed by atoms with van der Waals surface area (Å²) in [4.78, 5) is 0. The summed E-state index contributed by atoms with van der Waals surface area (Å²) in [6.45, 7) is 3.14.